The van der Waals surface area contributed by atoms with Crippen molar-refractivity contribution >= 4 is 22.8 Å². The van der Waals surface area contributed by atoms with E-state index in [1.165, 1.54) is 0 Å². The highest BCUT2D eigenvalue weighted by Crippen LogP contribution is 2.20. The quantitative estimate of drug-likeness (QED) is 0.757. The Hall–Kier alpha value is -1.79. The predicted octanol–water partition coefficient (Wildman–Crippen LogP) is 1.48. The van der Waals surface area contributed by atoms with Crippen LogP contribution in [0, 0.1) is 0 Å². The number of benzene rings is 1. The Bertz CT molecular complexity index is 512. The predicted molar refractivity (Wildman–Crippen MR) is 69.6 cm³/mol. The molecule has 0 saturated carbocycles. The van der Waals surface area contributed by atoms with Crippen molar-refractivity contribution in [2.24, 2.45) is 0 Å². The van der Waals surface area contributed by atoms with E-state index in [4.69, 9.17) is 19.6 Å². The van der Waals surface area contributed by atoms with Gasteiger partial charge in [-0.05, 0) is 12.1 Å². The molecule has 98 valence electrons. The maximum atomic E-state index is 5.67. The van der Waals surface area contributed by atoms with Gasteiger partial charge >= 0.3 is 0 Å². The van der Waals surface area contributed by atoms with Gasteiger partial charge in [-0.2, -0.15) is 4.98 Å². The number of ether oxygens (including phenoxy) is 2. The maximum absolute atomic E-state index is 5.67. The van der Waals surface area contributed by atoms with E-state index in [2.05, 4.69) is 10.3 Å². The lowest BCUT2D eigenvalue weighted by Crippen LogP contribution is -2.26. The highest BCUT2D eigenvalue weighted by Gasteiger charge is 2.10. The molecule has 1 atom stereocenters. The molecule has 0 aliphatic carbocycles. The molecule has 0 aliphatic rings. The molecule has 0 bridgehead atoms. The first-order chi connectivity index (χ1) is 8.72. The van der Waals surface area contributed by atoms with Crippen LogP contribution in [0.2, 0.25) is 0 Å². The number of nitrogens with two attached hydrogens (primary N) is 1. The summed E-state index contributed by atoms with van der Waals surface area (Å²) < 4.78 is 15.8. The Kier molecular flexibility index (Phi) is 4.01. The summed E-state index contributed by atoms with van der Waals surface area (Å²) in [6.07, 6.45) is -0.0462. The van der Waals surface area contributed by atoms with Crippen LogP contribution in [-0.4, -0.2) is 38.5 Å². The lowest BCUT2D eigenvalue weighted by molar-refractivity contribution is 0.0363. The molecule has 6 nitrogen and oxygen atoms in total. The second-order valence-electron chi connectivity index (χ2n) is 3.94. The molecule has 18 heavy (non-hydrogen) atoms. The average Bonchev–Trinajstić information content (AvgIpc) is 2.76. The van der Waals surface area contributed by atoms with Crippen LogP contribution in [0.3, 0.4) is 0 Å². The number of methoxy groups -OCH3 is 2. The molecule has 1 aromatic carbocycles. The third-order valence-electron chi connectivity index (χ3n) is 2.58. The van der Waals surface area contributed by atoms with Gasteiger partial charge in [-0.15, -0.1) is 0 Å². The summed E-state index contributed by atoms with van der Waals surface area (Å²) in [6, 6.07) is 5.81. The molecule has 0 spiro atoms. The Labute approximate surface area is 105 Å². The highest BCUT2D eigenvalue weighted by atomic mass is 16.5. The van der Waals surface area contributed by atoms with E-state index in [9.17, 15) is 0 Å². The standard InChI is InChI=1S/C12H17N3O3/c1-16-7-9(17-2)6-14-12-15-10-4-3-8(13)5-11(10)18-12/h3-5,9H,6-7,13H2,1-2H3,(H,14,15). The summed E-state index contributed by atoms with van der Waals surface area (Å²) in [5, 5.41) is 3.07. The monoisotopic (exact) mass is 251 g/mol. The van der Waals surface area contributed by atoms with Gasteiger partial charge in [0.25, 0.3) is 6.01 Å². The summed E-state index contributed by atoms with van der Waals surface area (Å²) in [6.45, 7) is 1.07. The van der Waals surface area contributed by atoms with Gasteiger partial charge < -0.3 is 24.9 Å². The minimum atomic E-state index is -0.0462. The SMILES string of the molecule is COCC(CNc1nc2ccc(N)cc2o1)OC. The smallest absolute Gasteiger partial charge is 0.295 e. The van der Waals surface area contributed by atoms with Crippen LogP contribution >= 0.6 is 0 Å². The molecule has 0 amide bonds. The molecule has 2 rings (SSSR count). The number of aromatic nitrogens is 1. The van der Waals surface area contributed by atoms with Gasteiger partial charge in [0.15, 0.2) is 5.58 Å². The summed E-state index contributed by atoms with van der Waals surface area (Å²) in [5.74, 6) is 0. The fraction of sp³-hybridized carbons (Fsp3) is 0.417. The van der Waals surface area contributed by atoms with Gasteiger partial charge in [-0.25, -0.2) is 0 Å². The number of fused-ring (bicyclic) bond motifs is 1. The van der Waals surface area contributed by atoms with Crippen molar-refractivity contribution in [3.63, 3.8) is 0 Å². The largest absolute Gasteiger partial charge is 0.423 e. The summed E-state index contributed by atoms with van der Waals surface area (Å²) in [4.78, 5) is 4.29. The Balaban J connectivity index is 2.03. The highest BCUT2D eigenvalue weighted by molar-refractivity contribution is 5.78. The van der Waals surface area contributed by atoms with E-state index >= 15 is 0 Å². The van der Waals surface area contributed by atoms with Crippen molar-refractivity contribution in [2.45, 2.75) is 6.10 Å². The van der Waals surface area contributed by atoms with Crippen molar-refractivity contribution < 1.29 is 13.9 Å². The van der Waals surface area contributed by atoms with Crippen molar-refractivity contribution in [1.29, 1.82) is 0 Å². The van der Waals surface area contributed by atoms with E-state index < -0.39 is 0 Å². The average molecular weight is 251 g/mol. The fourth-order valence-electron chi connectivity index (χ4n) is 1.61. The van der Waals surface area contributed by atoms with E-state index in [0.717, 1.165) is 5.52 Å². The molecular weight excluding hydrogens is 234 g/mol. The van der Waals surface area contributed by atoms with E-state index in [1.54, 1.807) is 26.4 Å². The Morgan fingerprint density at radius 3 is 3.00 bits per heavy atom. The first kappa shape index (κ1) is 12.7. The van der Waals surface area contributed by atoms with Crippen LogP contribution in [0.25, 0.3) is 11.1 Å². The maximum Gasteiger partial charge on any atom is 0.295 e. The molecule has 1 heterocycles. The fourth-order valence-corrected chi connectivity index (χ4v) is 1.61. The van der Waals surface area contributed by atoms with Crippen LogP contribution < -0.4 is 11.1 Å². The molecule has 0 saturated heterocycles. The Morgan fingerprint density at radius 2 is 2.28 bits per heavy atom. The van der Waals surface area contributed by atoms with E-state index in [1.807, 2.05) is 6.07 Å². The Morgan fingerprint density at radius 1 is 1.44 bits per heavy atom. The number of hydrogen-bond donors (Lipinski definition) is 2. The molecule has 1 aromatic heterocycles. The molecular formula is C12H17N3O3. The summed E-state index contributed by atoms with van der Waals surface area (Å²) in [5.41, 5.74) is 7.76. The number of oxazole rings is 1. The zero-order valence-corrected chi connectivity index (χ0v) is 10.5. The second-order valence-corrected chi connectivity index (χ2v) is 3.94. The normalized spacial score (nSPS) is 12.8. The number of rotatable bonds is 6. The van der Waals surface area contributed by atoms with Crippen LogP contribution in [-0.2, 0) is 9.47 Å². The summed E-state index contributed by atoms with van der Waals surface area (Å²) >= 11 is 0. The lowest BCUT2D eigenvalue weighted by atomic mass is 10.3. The van der Waals surface area contributed by atoms with Gasteiger partial charge in [0.1, 0.15) is 5.52 Å². The topological polar surface area (TPSA) is 82.5 Å². The molecule has 2 aromatic rings. The van der Waals surface area contributed by atoms with Gasteiger partial charge in [0.2, 0.25) is 0 Å². The molecule has 0 fully saturated rings. The third-order valence-corrected chi connectivity index (χ3v) is 2.58. The van der Waals surface area contributed by atoms with Crippen molar-refractivity contribution in [3.8, 4) is 0 Å². The zero-order valence-electron chi connectivity index (χ0n) is 10.5. The van der Waals surface area contributed by atoms with E-state index in [-0.39, 0.29) is 6.10 Å². The first-order valence-electron chi connectivity index (χ1n) is 5.64. The number of nitrogens with zero attached hydrogens (tertiary/aromatic N) is 1. The molecule has 1 unspecified atom stereocenters. The van der Waals surface area contributed by atoms with Crippen LogP contribution in [0.4, 0.5) is 11.7 Å². The van der Waals surface area contributed by atoms with Gasteiger partial charge in [-0.1, -0.05) is 0 Å². The number of anilines is 2. The lowest BCUT2D eigenvalue weighted by Gasteiger charge is -2.13. The van der Waals surface area contributed by atoms with Crippen molar-refractivity contribution in [2.75, 3.05) is 38.4 Å². The molecule has 0 radical (unpaired) electrons. The van der Waals surface area contributed by atoms with Crippen LogP contribution in [0.15, 0.2) is 22.6 Å². The molecule has 3 N–H and O–H groups in total. The van der Waals surface area contributed by atoms with E-state index in [0.29, 0.717) is 30.4 Å². The first-order valence-corrected chi connectivity index (χ1v) is 5.64. The van der Waals surface area contributed by atoms with Crippen molar-refractivity contribution in [1.82, 2.24) is 4.98 Å². The molecule has 6 heteroatoms. The van der Waals surface area contributed by atoms with Crippen LogP contribution in [0.5, 0.6) is 0 Å². The summed E-state index contributed by atoms with van der Waals surface area (Å²) in [7, 11) is 3.27. The minimum Gasteiger partial charge on any atom is -0.423 e. The zero-order chi connectivity index (χ0) is 13.0. The second kappa shape index (κ2) is 5.70. The van der Waals surface area contributed by atoms with Crippen LogP contribution in [0.1, 0.15) is 0 Å². The number of hydrogen-bond acceptors (Lipinski definition) is 6. The third kappa shape index (κ3) is 2.91. The van der Waals surface area contributed by atoms with Gasteiger partial charge in [-0.3, -0.25) is 0 Å². The number of nitrogen functional groups attached to an aromatic ring is 1. The minimum absolute atomic E-state index is 0.0462. The molecule has 0 aliphatic heterocycles. The number of nitrogens with one attached hydrogen (secondary N) is 1. The van der Waals surface area contributed by atoms with Gasteiger partial charge in [0.05, 0.1) is 12.7 Å². The van der Waals surface area contributed by atoms with Gasteiger partial charge in [0, 0.05) is 32.5 Å². The van der Waals surface area contributed by atoms with Crippen molar-refractivity contribution in [3.05, 3.63) is 18.2 Å².